The highest BCUT2D eigenvalue weighted by atomic mass is 19.4. The summed E-state index contributed by atoms with van der Waals surface area (Å²) in [7, 11) is 0. The molecule has 1 unspecified atom stereocenters. The Labute approximate surface area is 138 Å². The molecule has 1 aliphatic heterocycles. The zero-order chi connectivity index (χ0) is 17.3. The van der Waals surface area contributed by atoms with Gasteiger partial charge >= 0.3 is 6.18 Å². The van der Waals surface area contributed by atoms with Crippen molar-refractivity contribution in [1.29, 1.82) is 0 Å². The number of piperidine rings is 1. The van der Waals surface area contributed by atoms with Crippen LogP contribution in [0.5, 0.6) is 0 Å². The lowest BCUT2D eigenvalue weighted by Gasteiger charge is -2.37. The molecule has 7 heteroatoms. The lowest BCUT2D eigenvalue weighted by atomic mass is 9.98. The van der Waals surface area contributed by atoms with Crippen molar-refractivity contribution < 1.29 is 13.2 Å². The summed E-state index contributed by atoms with van der Waals surface area (Å²) in [6.45, 7) is 2.16. The van der Waals surface area contributed by atoms with Gasteiger partial charge in [0, 0.05) is 12.7 Å². The maximum Gasteiger partial charge on any atom is 0.418 e. The fourth-order valence-electron chi connectivity index (χ4n) is 3.13. The fraction of sp³-hybridized carbons (Fsp3) is 0.412. The lowest BCUT2D eigenvalue weighted by Crippen LogP contribution is -2.35. The molecule has 1 atom stereocenters. The molecule has 2 aromatic rings. The van der Waals surface area contributed by atoms with Crippen LogP contribution in [0.25, 0.3) is 0 Å². The average Bonchev–Trinajstić information content (AvgIpc) is 2.57. The molecule has 3 rings (SSSR count). The Morgan fingerprint density at radius 1 is 1.25 bits per heavy atom. The molecule has 0 saturated carbocycles. The van der Waals surface area contributed by atoms with Crippen molar-refractivity contribution in [2.45, 2.75) is 38.4 Å². The largest absolute Gasteiger partial charge is 0.418 e. The molecule has 0 amide bonds. The minimum Gasteiger partial charge on any atom is -0.397 e. The Morgan fingerprint density at radius 2 is 2.04 bits per heavy atom. The summed E-state index contributed by atoms with van der Waals surface area (Å²) in [4.78, 5) is 10.6. The van der Waals surface area contributed by atoms with Gasteiger partial charge in [0.1, 0.15) is 5.82 Å². The molecule has 0 aromatic carbocycles. The van der Waals surface area contributed by atoms with E-state index in [9.17, 15) is 13.2 Å². The normalized spacial score (nSPS) is 18.7. The first kappa shape index (κ1) is 16.5. The summed E-state index contributed by atoms with van der Waals surface area (Å²) in [6, 6.07) is 6.60. The number of hydrogen-bond acceptors (Lipinski definition) is 4. The predicted octanol–water partition coefficient (Wildman–Crippen LogP) is 4.12. The molecular weight excluding hydrogens is 317 g/mol. The van der Waals surface area contributed by atoms with Crippen molar-refractivity contribution in [1.82, 2.24) is 9.97 Å². The van der Waals surface area contributed by atoms with Gasteiger partial charge in [0.25, 0.3) is 0 Å². The first-order chi connectivity index (χ1) is 11.4. The second kappa shape index (κ2) is 6.30. The van der Waals surface area contributed by atoms with Crippen LogP contribution in [0.3, 0.4) is 0 Å². The van der Waals surface area contributed by atoms with Crippen molar-refractivity contribution >= 4 is 11.5 Å². The second-order valence-electron chi connectivity index (χ2n) is 5.98. The predicted molar refractivity (Wildman–Crippen MR) is 86.6 cm³/mol. The summed E-state index contributed by atoms with van der Waals surface area (Å²) in [5.41, 5.74) is 5.52. The number of aryl methyl sites for hydroxylation is 1. The third-order valence-corrected chi connectivity index (χ3v) is 4.37. The first-order valence-corrected chi connectivity index (χ1v) is 7.90. The molecule has 24 heavy (non-hydrogen) atoms. The molecule has 128 valence electrons. The number of halogens is 3. The van der Waals surface area contributed by atoms with E-state index in [1.807, 2.05) is 23.1 Å². The quantitative estimate of drug-likeness (QED) is 0.896. The highest BCUT2D eigenvalue weighted by Crippen LogP contribution is 2.39. The Balaban J connectivity index is 2.04. The molecule has 1 fully saturated rings. The number of nitrogen functional groups attached to an aromatic ring is 1. The molecule has 3 heterocycles. The zero-order valence-corrected chi connectivity index (χ0v) is 13.3. The van der Waals surface area contributed by atoms with Crippen LogP contribution < -0.4 is 10.6 Å². The van der Waals surface area contributed by atoms with E-state index in [0.717, 1.165) is 31.0 Å². The highest BCUT2D eigenvalue weighted by Gasteiger charge is 2.36. The van der Waals surface area contributed by atoms with Gasteiger partial charge in [0.15, 0.2) is 0 Å². The van der Waals surface area contributed by atoms with Crippen molar-refractivity contribution in [3.63, 3.8) is 0 Å². The third-order valence-electron chi connectivity index (χ3n) is 4.37. The van der Waals surface area contributed by atoms with Gasteiger partial charge in [-0.25, -0.2) is 4.98 Å². The lowest BCUT2D eigenvalue weighted by molar-refractivity contribution is -0.137. The van der Waals surface area contributed by atoms with E-state index in [0.29, 0.717) is 12.4 Å². The summed E-state index contributed by atoms with van der Waals surface area (Å²) < 4.78 is 39.8. The first-order valence-electron chi connectivity index (χ1n) is 7.90. The van der Waals surface area contributed by atoms with E-state index < -0.39 is 11.7 Å². The standard InChI is InChI=1S/C17H19F3N4/c1-11-16(21)12(17(18,19)20)10-15(23-11)24-9-5-3-7-14(24)13-6-2-4-8-22-13/h2,4,6,8,10,14H,3,5,7,9,21H2,1H3. The van der Waals surface area contributed by atoms with E-state index in [4.69, 9.17) is 5.73 Å². The molecular formula is C17H19F3N4. The molecule has 1 aliphatic rings. The Morgan fingerprint density at radius 3 is 2.71 bits per heavy atom. The topological polar surface area (TPSA) is 55.0 Å². The maximum atomic E-state index is 13.3. The number of nitrogens with zero attached hydrogens (tertiary/aromatic N) is 3. The average molecular weight is 336 g/mol. The Kier molecular flexibility index (Phi) is 4.34. The van der Waals surface area contributed by atoms with Gasteiger partial charge in [0.2, 0.25) is 0 Å². The van der Waals surface area contributed by atoms with Crippen LogP contribution in [0.4, 0.5) is 24.7 Å². The zero-order valence-electron chi connectivity index (χ0n) is 13.3. The van der Waals surface area contributed by atoms with Crippen LogP contribution in [-0.4, -0.2) is 16.5 Å². The summed E-state index contributed by atoms with van der Waals surface area (Å²) >= 11 is 0. The SMILES string of the molecule is Cc1nc(N2CCCCC2c2ccccn2)cc(C(F)(F)F)c1N. The number of nitrogens with two attached hydrogens (primary N) is 1. The van der Waals surface area contributed by atoms with Gasteiger partial charge in [-0.1, -0.05) is 6.07 Å². The molecule has 0 aliphatic carbocycles. The molecule has 2 aromatic heterocycles. The molecule has 4 nitrogen and oxygen atoms in total. The smallest absolute Gasteiger partial charge is 0.397 e. The van der Waals surface area contributed by atoms with Crippen molar-refractivity contribution in [2.24, 2.45) is 0 Å². The van der Waals surface area contributed by atoms with E-state index in [2.05, 4.69) is 9.97 Å². The summed E-state index contributed by atoms with van der Waals surface area (Å²) in [6.07, 6.45) is -0.0369. The van der Waals surface area contributed by atoms with Gasteiger partial charge in [-0.3, -0.25) is 4.98 Å². The van der Waals surface area contributed by atoms with Crippen LogP contribution in [0, 0.1) is 6.92 Å². The number of alkyl halides is 3. The van der Waals surface area contributed by atoms with E-state index in [1.165, 1.54) is 6.92 Å². The number of hydrogen-bond donors (Lipinski definition) is 1. The molecule has 0 spiro atoms. The summed E-state index contributed by atoms with van der Waals surface area (Å²) in [5.74, 6) is 0.310. The van der Waals surface area contributed by atoms with E-state index in [1.54, 1.807) is 6.20 Å². The van der Waals surface area contributed by atoms with Crippen LogP contribution >= 0.6 is 0 Å². The maximum absolute atomic E-state index is 13.3. The second-order valence-corrected chi connectivity index (χ2v) is 5.98. The van der Waals surface area contributed by atoms with Gasteiger partial charge in [-0.05, 0) is 44.4 Å². The van der Waals surface area contributed by atoms with Crippen LogP contribution in [0.15, 0.2) is 30.5 Å². The van der Waals surface area contributed by atoms with Crippen LogP contribution in [0.1, 0.15) is 42.3 Å². The van der Waals surface area contributed by atoms with Crippen molar-refractivity contribution in [2.75, 3.05) is 17.2 Å². The molecule has 1 saturated heterocycles. The minimum absolute atomic E-state index is 0.0726. The third kappa shape index (κ3) is 3.16. The van der Waals surface area contributed by atoms with Gasteiger partial charge in [0.05, 0.1) is 28.7 Å². The molecule has 0 radical (unpaired) electrons. The van der Waals surface area contributed by atoms with Crippen LogP contribution in [0.2, 0.25) is 0 Å². The van der Waals surface area contributed by atoms with E-state index >= 15 is 0 Å². The van der Waals surface area contributed by atoms with Crippen LogP contribution in [-0.2, 0) is 6.18 Å². The Hall–Kier alpha value is -2.31. The number of rotatable bonds is 2. The summed E-state index contributed by atoms with van der Waals surface area (Å²) in [5, 5.41) is 0. The Bertz CT molecular complexity index is 716. The molecule has 0 bridgehead atoms. The van der Waals surface area contributed by atoms with Gasteiger partial charge < -0.3 is 10.6 Å². The number of anilines is 2. The molecule has 2 N–H and O–H groups in total. The monoisotopic (exact) mass is 336 g/mol. The number of aromatic nitrogens is 2. The van der Waals surface area contributed by atoms with Crippen molar-refractivity contribution in [3.8, 4) is 0 Å². The number of pyridine rings is 2. The minimum atomic E-state index is -4.50. The van der Waals surface area contributed by atoms with E-state index in [-0.39, 0.29) is 17.4 Å². The fourth-order valence-corrected chi connectivity index (χ4v) is 3.13. The highest BCUT2D eigenvalue weighted by molar-refractivity contribution is 5.59. The van der Waals surface area contributed by atoms with Gasteiger partial charge in [-0.15, -0.1) is 0 Å². The van der Waals surface area contributed by atoms with Crippen molar-refractivity contribution in [3.05, 3.63) is 47.4 Å². The van der Waals surface area contributed by atoms with Gasteiger partial charge in [-0.2, -0.15) is 13.2 Å².